The van der Waals surface area contributed by atoms with Crippen LogP contribution < -0.4 is 5.32 Å². The molecule has 1 heterocycles. The van der Waals surface area contributed by atoms with Gasteiger partial charge in [0.2, 0.25) is 0 Å². The van der Waals surface area contributed by atoms with Gasteiger partial charge in [-0.15, -0.1) is 0 Å². The fourth-order valence-corrected chi connectivity index (χ4v) is 3.04. The molecular weight excluding hydrogens is 342 g/mol. The summed E-state index contributed by atoms with van der Waals surface area (Å²) in [5.74, 6) is -0.641. The average Bonchev–Trinajstić information content (AvgIpc) is 2.69. The van der Waals surface area contributed by atoms with E-state index in [2.05, 4.69) is 29.6 Å². The zero-order chi connectivity index (χ0) is 19.6. The lowest BCUT2D eigenvalue weighted by Gasteiger charge is -2.30. The number of esters is 1. The van der Waals surface area contributed by atoms with E-state index >= 15 is 0 Å². The zero-order valence-electron chi connectivity index (χ0n) is 16.0. The first-order valence-corrected chi connectivity index (χ1v) is 9.40. The Balaban J connectivity index is 1.81. The molecule has 1 aliphatic heterocycles. The summed E-state index contributed by atoms with van der Waals surface area (Å²) >= 11 is 0. The van der Waals surface area contributed by atoms with E-state index in [0.717, 1.165) is 6.42 Å². The highest BCUT2D eigenvalue weighted by Crippen LogP contribution is 2.20. The van der Waals surface area contributed by atoms with E-state index in [1.165, 1.54) is 17.3 Å². The predicted octanol–water partition coefficient (Wildman–Crippen LogP) is 2.34. The molecule has 0 aromatic heterocycles. The Bertz CT molecular complexity index is 711. The van der Waals surface area contributed by atoms with Crippen LogP contribution in [0.4, 0.5) is 0 Å². The molecule has 0 bridgehead atoms. The summed E-state index contributed by atoms with van der Waals surface area (Å²) in [6.45, 7) is 5.77. The van der Waals surface area contributed by atoms with Crippen LogP contribution in [-0.4, -0.2) is 43.0 Å². The number of rotatable bonds is 7. The van der Waals surface area contributed by atoms with Gasteiger partial charge in [-0.2, -0.15) is 5.26 Å². The van der Waals surface area contributed by atoms with Crippen molar-refractivity contribution in [1.29, 1.82) is 5.26 Å². The highest BCUT2D eigenvalue weighted by atomic mass is 16.5. The maximum absolute atomic E-state index is 12.5. The van der Waals surface area contributed by atoms with Crippen molar-refractivity contribution in [3.05, 3.63) is 47.2 Å². The first kappa shape index (κ1) is 20.5. The number of piperidine rings is 1. The molecule has 6 nitrogen and oxygen atoms in total. The molecule has 0 radical (unpaired) electrons. The smallest absolute Gasteiger partial charge is 0.309 e. The Kier molecular flexibility index (Phi) is 7.87. The molecule has 0 unspecified atom stereocenters. The highest BCUT2D eigenvalue weighted by molar-refractivity contribution is 5.97. The van der Waals surface area contributed by atoms with Gasteiger partial charge in [0.15, 0.2) is 0 Å². The second-order valence-corrected chi connectivity index (χ2v) is 6.68. The summed E-state index contributed by atoms with van der Waals surface area (Å²) < 4.78 is 5.04. The number of benzene rings is 1. The summed E-state index contributed by atoms with van der Waals surface area (Å²) in [6, 6.07) is 10.3. The number of likely N-dealkylation sites (tertiary alicyclic amines) is 1. The average molecular weight is 369 g/mol. The van der Waals surface area contributed by atoms with E-state index < -0.39 is 0 Å². The van der Waals surface area contributed by atoms with Crippen molar-refractivity contribution < 1.29 is 14.3 Å². The fraction of sp³-hybridized carbons (Fsp3) is 0.476. The van der Waals surface area contributed by atoms with Gasteiger partial charge in [-0.1, -0.05) is 29.8 Å². The number of nitrogens with one attached hydrogen (secondary N) is 1. The molecule has 0 spiro atoms. The van der Waals surface area contributed by atoms with Crippen molar-refractivity contribution in [3.8, 4) is 6.07 Å². The van der Waals surface area contributed by atoms with Crippen LogP contribution in [0, 0.1) is 24.2 Å². The van der Waals surface area contributed by atoms with Gasteiger partial charge in [-0.3, -0.25) is 9.59 Å². The van der Waals surface area contributed by atoms with Crippen molar-refractivity contribution in [2.24, 2.45) is 5.92 Å². The monoisotopic (exact) mass is 369 g/mol. The maximum atomic E-state index is 12.5. The number of nitriles is 1. The van der Waals surface area contributed by atoms with E-state index in [4.69, 9.17) is 4.74 Å². The van der Waals surface area contributed by atoms with E-state index in [9.17, 15) is 14.9 Å². The molecule has 2 rings (SSSR count). The Hall–Kier alpha value is -2.81. The summed E-state index contributed by atoms with van der Waals surface area (Å²) in [5, 5.41) is 12.4. The van der Waals surface area contributed by atoms with E-state index in [0.29, 0.717) is 39.1 Å². The maximum Gasteiger partial charge on any atom is 0.309 e. The lowest BCUT2D eigenvalue weighted by atomic mass is 9.96. The number of hydrogen-bond acceptors (Lipinski definition) is 5. The summed E-state index contributed by atoms with van der Waals surface area (Å²) in [4.78, 5) is 25.9. The molecule has 6 heteroatoms. The van der Waals surface area contributed by atoms with Gasteiger partial charge in [0, 0.05) is 25.8 Å². The number of nitrogens with zero attached hydrogens (tertiary/aromatic N) is 2. The topological polar surface area (TPSA) is 82.4 Å². The fourth-order valence-electron chi connectivity index (χ4n) is 3.04. The predicted molar refractivity (Wildman–Crippen MR) is 103 cm³/mol. The number of hydrogen-bond donors (Lipinski definition) is 1. The van der Waals surface area contributed by atoms with Crippen LogP contribution in [0.3, 0.4) is 0 Å². The molecule has 1 aromatic carbocycles. The standard InChI is InChI=1S/C21H27N3O3/c1-3-27-21(26)18-9-12-24(13-10-18)20(25)19(14-22)15-23-11-8-17-6-4-16(2)5-7-17/h4-7,15,18,23H,3,8-13H2,1-2H3/b19-15-. The van der Waals surface area contributed by atoms with Gasteiger partial charge in [0.25, 0.3) is 5.91 Å². The Labute approximate surface area is 160 Å². The first-order valence-electron chi connectivity index (χ1n) is 9.40. The summed E-state index contributed by atoms with van der Waals surface area (Å²) in [5.41, 5.74) is 2.51. The third kappa shape index (κ3) is 6.14. The van der Waals surface area contributed by atoms with E-state index in [1.54, 1.807) is 11.8 Å². The van der Waals surface area contributed by atoms with Crippen LogP contribution in [0.1, 0.15) is 30.9 Å². The normalized spacial score (nSPS) is 15.1. The third-order valence-electron chi connectivity index (χ3n) is 4.68. The minimum Gasteiger partial charge on any atom is -0.466 e. The Morgan fingerprint density at radius 2 is 1.96 bits per heavy atom. The lowest BCUT2D eigenvalue weighted by Crippen LogP contribution is -2.41. The third-order valence-corrected chi connectivity index (χ3v) is 4.68. The van der Waals surface area contributed by atoms with Crippen molar-refractivity contribution in [1.82, 2.24) is 10.2 Å². The second kappa shape index (κ2) is 10.4. The van der Waals surface area contributed by atoms with Crippen LogP contribution >= 0.6 is 0 Å². The summed E-state index contributed by atoms with van der Waals surface area (Å²) in [6.07, 6.45) is 3.46. The minimum absolute atomic E-state index is 0.0912. The number of aryl methyl sites for hydroxylation is 1. The quantitative estimate of drug-likeness (QED) is 0.345. The molecule has 1 saturated heterocycles. The van der Waals surface area contributed by atoms with Crippen LogP contribution in [0.15, 0.2) is 36.0 Å². The van der Waals surface area contributed by atoms with Gasteiger partial charge in [0.1, 0.15) is 11.6 Å². The molecule has 144 valence electrons. The van der Waals surface area contributed by atoms with Crippen LogP contribution in [-0.2, 0) is 20.7 Å². The molecule has 1 fully saturated rings. The van der Waals surface area contributed by atoms with Crippen molar-refractivity contribution in [3.63, 3.8) is 0 Å². The molecule has 1 N–H and O–H groups in total. The lowest BCUT2D eigenvalue weighted by molar-refractivity contribution is -0.150. The van der Waals surface area contributed by atoms with Crippen LogP contribution in [0.5, 0.6) is 0 Å². The van der Waals surface area contributed by atoms with Crippen molar-refractivity contribution >= 4 is 11.9 Å². The van der Waals surface area contributed by atoms with E-state index in [1.807, 2.05) is 13.0 Å². The molecule has 27 heavy (non-hydrogen) atoms. The first-order chi connectivity index (χ1) is 13.0. The molecule has 0 atom stereocenters. The van der Waals surface area contributed by atoms with Crippen LogP contribution in [0.25, 0.3) is 0 Å². The highest BCUT2D eigenvalue weighted by Gasteiger charge is 2.29. The van der Waals surface area contributed by atoms with Gasteiger partial charge in [-0.05, 0) is 38.7 Å². The van der Waals surface area contributed by atoms with Gasteiger partial charge < -0.3 is 15.0 Å². The minimum atomic E-state index is -0.289. The Morgan fingerprint density at radius 3 is 2.56 bits per heavy atom. The summed E-state index contributed by atoms with van der Waals surface area (Å²) in [7, 11) is 0. The number of ether oxygens (including phenoxy) is 1. The zero-order valence-corrected chi connectivity index (χ0v) is 16.0. The largest absolute Gasteiger partial charge is 0.466 e. The number of carbonyl (C=O) groups is 2. The molecule has 0 aliphatic carbocycles. The molecular formula is C21H27N3O3. The SMILES string of the molecule is CCOC(=O)C1CCN(C(=O)/C(C#N)=C\NCCc2ccc(C)cc2)CC1. The molecule has 1 aromatic rings. The van der Waals surface area contributed by atoms with Crippen molar-refractivity contribution in [2.45, 2.75) is 33.1 Å². The van der Waals surface area contributed by atoms with E-state index in [-0.39, 0.29) is 23.4 Å². The van der Waals surface area contributed by atoms with Crippen LogP contribution in [0.2, 0.25) is 0 Å². The second-order valence-electron chi connectivity index (χ2n) is 6.68. The van der Waals surface area contributed by atoms with Gasteiger partial charge >= 0.3 is 5.97 Å². The van der Waals surface area contributed by atoms with Crippen molar-refractivity contribution in [2.75, 3.05) is 26.2 Å². The molecule has 1 aliphatic rings. The van der Waals surface area contributed by atoms with Gasteiger partial charge in [-0.25, -0.2) is 0 Å². The number of carbonyl (C=O) groups excluding carboxylic acids is 2. The number of amides is 1. The molecule has 0 saturated carbocycles. The Morgan fingerprint density at radius 1 is 1.30 bits per heavy atom. The van der Waals surface area contributed by atoms with Gasteiger partial charge in [0.05, 0.1) is 12.5 Å². The molecule has 1 amide bonds.